The highest BCUT2D eigenvalue weighted by molar-refractivity contribution is 9.10. The van der Waals surface area contributed by atoms with E-state index in [1.807, 2.05) is 25.1 Å². The summed E-state index contributed by atoms with van der Waals surface area (Å²) >= 11 is 3.42. The lowest BCUT2D eigenvalue weighted by molar-refractivity contribution is 0.102. The zero-order valence-corrected chi connectivity index (χ0v) is 13.0. The van der Waals surface area contributed by atoms with Gasteiger partial charge in [-0.05, 0) is 48.7 Å². The molecule has 0 spiro atoms. The van der Waals surface area contributed by atoms with Crippen LogP contribution in [0.15, 0.2) is 40.9 Å². The second-order valence-electron chi connectivity index (χ2n) is 4.58. The van der Waals surface area contributed by atoms with Crippen LogP contribution < -0.4 is 5.32 Å². The molecule has 0 saturated heterocycles. The van der Waals surface area contributed by atoms with Gasteiger partial charge in [0, 0.05) is 10.2 Å². The number of benzene rings is 2. The molecule has 2 aromatic rings. The maximum absolute atomic E-state index is 12.3. The van der Waals surface area contributed by atoms with Gasteiger partial charge in [-0.1, -0.05) is 35.0 Å². The number of para-hydroxylation sites is 1. The molecular formula is C16H16BrNO2. The Morgan fingerprint density at radius 2 is 2.05 bits per heavy atom. The van der Waals surface area contributed by atoms with Crippen LogP contribution in [0.3, 0.4) is 0 Å². The first-order valence-corrected chi connectivity index (χ1v) is 7.20. The monoisotopic (exact) mass is 333 g/mol. The molecule has 104 valence electrons. The Morgan fingerprint density at radius 3 is 2.75 bits per heavy atom. The SMILES string of the molecule is CCc1cc(Br)ccc1NC(=O)c1cccc(C)c1O. The topological polar surface area (TPSA) is 49.3 Å². The number of rotatable bonds is 3. The van der Waals surface area contributed by atoms with E-state index in [4.69, 9.17) is 0 Å². The van der Waals surface area contributed by atoms with E-state index in [0.29, 0.717) is 5.56 Å². The summed E-state index contributed by atoms with van der Waals surface area (Å²) in [5.74, 6) is -0.275. The van der Waals surface area contributed by atoms with Gasteiger partial charge in [0.25, 0.3) is 5.91 Å². The van der Waals surface area contributed by atoms with Gasteiger partial charge in [-0.3, -0.25) is 4.79 Å². The largest absolute Gasteiger partial charge is 0.507 e. The molecule has 4 heteroatoms. The molecule has 0 aliphatic heterocycles. The minimum atomic E-state index is -0.303. The first-order chi connectivity index (χ1) is 9.52. The predicted molar refractivity (Wildman–Crippen MR) is 84.3 cm³/mol. The van der Waals surface area contributed by atoms with Crippen molar-refractivity contribution in [2.24, 2.45) is 0 Å². The molecule has 0 bridgehead atoms. The molecule has 0 radical (unpaired) electrons. The highest BCUT2D eigenvalue weighted by atomic mass is 79.9. The van der Waals surface area contributed by atoms with E-state index in [2.05, 4.69) is 21.2 Å². The van der Waals surface area contributed by atoms with E-state index in [0.717, 1.165) is 22.1 Å². The number of amides is 1. The average molecular weight is 334 g/mol. The minimum absolute atomic E-state index is 0.0279. The fourth-order valence-electron chi connectivity index (χ4n) is 2.01. The molecule has 0 unspecified atom stereocenters. The number of halogens is 1. The molecule has 0 aromatic heterocycles. The number of hydrogen-bond acceptors (Lipinski definition) is 2. The minimum Gasteiger partial charge on any atom is -0.507 e. The molecule has 1 amide bonds. The Hall–Kier alpha value is -1.81. The smallest absolute Gasteiger partial charge is 0.259 e. The normalized spacial score (nSPS) is 10.3. The molecule has 2 N–H and O–H groups in total. The third kappa shape index (κ3) is 3.02. The number of nitrogens with one attached hydrogen (secondary N) is 1. The maximum Gasteiger partial charge on any atom is 0.259 e. The summed E-state index contributed by atoms with van der Waals surface area (Å²) in [6.07, 6.45) is 0.814. The predicted octanol–water partition coefficient (Wildman–Crippen LogP) is 4.28. The van der Waals surface area contributed by atoms with Crippen LogP contribution in [0.4, 0.5) is 5.69 Å². The van der Waals surface area contributed by atoms with Crippen LogP contribution in [-0.4, -0.2) is 11.0 Å². The number of aryl methyl sites for hydroxylation is 2. The number of hydrogen-bond donors (Lipinski definition) is 2. The summed E-state index contributed by atoms with van der Waals surface area (Å²) in [6, 6.07) is 10.8. The number of carbonyl (C=O) groups is 1. The zero-order valence-electron chi connectivity index (χ0n) is 11.4. The van der Waals surface area contributed by atoms with E-state index in [1.54, 1.807) is 25.1 Å². The fourth-order valence-corrected chi connectivity index (χ4v) is 2.42. The van der Waals surface area contributed by atoms with E-state index in [9.17, 15) is 9.90 Å². The highest BCUT2D eigenvalue weighted by Gasteiger charge is 2.14. The number of carbonyl (C=O) groups excluding carboxylic acids is 1. The Kier molecular flexibility index (Phi) is 4.45. The van der Waals surface area contributed by atoms with E-state index < -0.39 is 0 Å². The third-order valence-corrected chi connectivity index (χ3v) is 3.67. The lowest BCUT2D eigenvalue weighted by Gasteiger charge is -2.12. The quantitative estimate of drug-likeness (QED) is 0.880. The molecule has 0 aliphatic carbocycles. The molecule has 2 aromatic carbocycles. The lowest BCUT2D eigenvalue weighted by Crippen LogP contribution is -2.13. The maximum atomic E-state index is 12.3. The molecule has 0 saturated carbocycles. The molecule has 0 fully saturated rings. The molecule has 0 heterocycles. The summed E-state index contributed by atoms with van der Waals surface area (Å²) < 4.78 is 0.978. The first kappa shape index (κ1) is 14.6. The summed E-state index contributed by atoms with van der Waals surface area (Å²) in [4.78, 5) is 12.3. The third-order valence-electron chi connectivity index (χ3n) is 3.18. The van der Waals surface area contributed by atoms with Crippen molar-refractivity contribution in [1.82, 2.24) is 0 Å². The molecule has 0 aliphatic rings. The highest BCUT2D eigenvalue weighted by Crippen LogP contribution is 2.25. The van der Waals surface area contributed by atoms with Gasteiger partial charge < -0.3 is 10.4 Å². The van der Waals surface area contributed by atoms with Crippen LogP contribution >= 0.6 is 15.9 Å². The van der Waals surface area contributed by atoms with E-state index in [1.165, 1.54) is 0 Å². The van der Waals surface area contributed by atoms with Crippen LogP contribution in [0, 0.1) is 6.92 Å². The van der Waals surface area contributed by atoms with Crippen LogP contribution in [0.25, 0.3) is 0 Å². The van der Waals surface area contributed by atoms with Crippen molar-refractivity contribution < 1.29 is 9.90 Å². The van der Waals surface area contributed by atoms with Crippen LogP contribution in [-0.2, 0) is 6.42 Å². The summed E-state index contributed by atoms with van der Waals surface area (Å²) in [5, 5.41) is 12.8. The number of anilines is 1. The summed E-state index contributed by atoms with van der Waals surface area (Å²) in [6.45, 7) is 3.80. The van der Waals surface area contributed by atoms with Gasteiger partial charge in [0.05, 0.1) is 5.56 Å². The zero-order chi connectivity index (χ0) is 14.7. The average Bonchev–Trinajstić information content (AvgIpc) is 2.43. The first-order valence-electron chi connectivity index (χ1n) is 6.41. The van der Waals surface area contributed by atoms with Gasteiger partial charge in [0.15, 0.2) is 0 Å². The van der Waals surface area contributed by atoms with E-state index in [-0.39, 0.29) is 17.2 Å². The lowest BCUT2D eigenvalue weighted by atomic mass is 10.1. The van der Waals surface area contributed by atoms with Crippen molar-refractivity contribution in [3.8, 4) is 5.75 Å². The van der Waals surface area contributed by atoms with Gasteiger partial charge in [-0.15, -0.1) is 0 Å². The van der Waals surface area contributed by atoms with Gasteiger partial charge in [0.2, 0.25) is 0 Å². The molecule has 3 nitrogen and oxygen atoms in total. The summed E-state index contributed by atoms with van der Waals surface area (Å²) in [7, 11) is 0. The van der Waals surface area contributed by atoms with Crippen molar-refractivity contribution in [2.75, 3.05) is 5.32 Å². The molecule has 2 rings (SSSR count). The van der Waals surface area contributed by atoms with Gasteiger partial charge in [0.1, 0.15) is 5.75 Å². The van der Waals surface area contributed by atoms with Crippen molar-refractivity contribution in [1.29, 1.82) is 0 Å². The fraction of sp³-hybridized carbons (Fsp3) is 0.188. The second kappa shape index (κ2) is 6.09. The van der Waals surface area contributed by atoms with Crippen LogP contribution in [0.5, 0.6) is 5.75 Å². The number of aromatic hydroxyl groups is 1. The molecule has 0 atom stereocenters. The van der Waals surface area contributed by atoms with Crippen molar-refractivity contribution in [3.63, 3.8) is 0 Å². The summed E-state index contributed by atoms with van der Waals surface area (Å²) in [5.41, 5.74) is 2.78. The standard InChI is InChI=1S/C16H16BrNO2/c1-3-11-9-12(17)7-8-14(11)18-16(20)13-6-4-5-10(2)15(13)19/h4-9,19H,3H2,1-2H3,(H,18,20). The van der Waals surface area contributed by atoms with Crippen LogP contribution in [0.2, 0.25) is 0 Å². The molecular weight excluding hydrogens is 318 g/mol. The Bertz CT molecular complexity index is 653. The Balaban J connectivity index is 2.30. The van der Waals surface area contributed by atoms with Gasteiger partial charge in [-0.25, -0.2) is 0 Å². The van der Waals surface area contributed by atoms with Crippen molar-refractivity contribution in [2.45, 2.75) is 20.3 Å². The number of phenols is 1. The van der Waals surface area contributed by atoms with Gasteiger partial charge >= 0.3 is 0 Å². The van der Waals surface area contributed by atoms with E-state index >= 15 is 0 Å². The van der Waals surface area contributed by atoms with Crippen molar-refractivity contribution >= 4 is 27.5 Å². The Labute approximate surface area is 126 Å². The number of phenolic OH excluding ortho intramolecular Hbond substituents is 1. The second-order valence-corrected chi connectivity index (χ2v) is 5.50. The van der Waals surface area contributed by atoms with Gasteiger partial charge in [-0.2, -0.15) is 0 Å². The molecule has 20 heavy (non-hydrogen) atoms. The Morgan fingerprint density at radius 1 is 1.30 bits per heavy atom. The van der Waals surface area contributed by atoms with Crippen molar-refractivity contribution in [3.05, 3.63) is 57.6 Å². The van der Waals surface area contributed by atoms with Crippen LogP contribution in [0.1, 0.15) is 28.4 Å².